The van der Waals surface area contributed by atoms with Crippen LogP contribution in [0.3, 0.4) is 0 Å². The van der Waals surface area contributed by atoms with Gasteiger partial charge in [0, 0.05) is 26.2 Å². The van der Waals surface area contributed by atoms with Crippen molar-refractivity contribution in [1.82, 2.24) is 10.2 Å². The zero-order valence-electron chi connectivity index (χ0n) is 11.2. The summed E-state index contributed by atoms with van der Waals surface area (Å²) in [5.74, 6) is 0.139. The Kier molecular flexibility index (Phi) is 5.36. The van der Waals surface area contributed by atoms with Gasteiger partial charge in [-0.1, -0.05) is 30.3 Å². The number of nitrogens with zero attached hydrogens (tertiary/aromatic N) is 1. The normalized spacial score (nSPS) is 21.1. The zero-order chi connectivity index (χ0) is 13.5. The quantitative estimate of drug-likeness (QED) is 0.546. The van der Waals surface area contributed by atoms with Crippen LogP contribution in [-0.2, 0) is 11.3 Å². The summed E-state index contributed by atoms with van der Waals surface area (Å²) in [6.45, 7) is 2.66. The number of hydrogen-bond acceptors (Lipinski definition) is 3. The minimum Gasteiger partial charge on any atom is -0.396 e. The van der Waals surface area contributed by atoms with Crippen molar-refractivity contribution < 1.29 is 9.90 Å². The van der Waals surface area contributed by atoms with Crippen LogP contribution in [0.25, 0.3) is 0 Å². The van der Waals surface area contributed by atoms with E-state index in [1.807, 2.05) is 18.2 Å². The molecule has 1 aromatic carbocycles. The van der Waals surface area contributed by atoms with Gasteiger partial charge >= 0.3 is 0 Å². The molecular weight excluding hydrogens is 240 g/mol. The van der Waals surface area contributed by atoms with Crippen LogP contribution in [0, 0.1) is 0 Å². The molecule has 4 nitrogen and oxygen atoms in total. The summed E-state index contributed by atoms with van der Waals surface area (Å²) >= 11 is 0. The number of unbranched alkanes of at least 4 members (excludes halogenated alkanes) is 2. The number of rotatable bonds is 8. The van der Waals surface area contributed by atoms with Gasteiger partial charge in [0.05, 0.1) is 0 Å². The molecule has 2 atom stereocenters. The minimum atomic E-state index is 0.0537. The molecule has 4 heteroatoms. The molecule has 1 fully saturated rings. The van der Waals surface area contributed by atoms with Gasteiger partial charge in [-0.25, -0.2) is 0 Å². The molecule has 0 aromatic heterocycles. The topological polar surface area (TPSA) is 52.3 Å². The van der Waals surface area contributed by atoms with Gasteiger partial charge in [-0.2, -0.15) is 0 Å². The van der Waals surface area contributed by atoms with Crippen molar-refractivity contribution in [1.29, 1.82) is 0 Å². The van der Waals surface area contributed by atoms with Crippen molar-refractivity contribution in [2.75, 3.05) is 19.7 Å². The minimum absolute atomic E-state index is 0.0537. The van der Waals surface area contributed by atoms with Crippen LogP contribution >= 0.6 is 0 Å². The van der Waals surface area contributed by atoms with E-state index in [2.05, 4.69) is 22.3 Å². The molecule has 2 N–H and O–H groups in total. The maximum atomic E-state index is 11.8. The van der Waals surface area contributed by atoms with Crippen LogP contribution in [-0.4, -0.2) is 41.7 Å². The predicted octanol–water partition coefficient (Wildman–Crippen LogP) is 1.15. The number of aliphatic hydroxyl groups excluding tert-OH is 1. The molecule has 1 heterocycles. The first-order chi connectivity index (χ1) is 9.31. The SMILES string of the molecule is O=C(NCCCCCO)C1CN1Cc1ccccc1. The lowest BCUT2D eigenvalue weighted by atomic mass is 10.2. The molecule has 1 amide bonds. The summed E-state index contributed by atoms with van der Waals surface area (Å²) in [6.07, 6.45) is 2.73. The van der Waals surface area contributed by atoms with Gasteiger partial charge in [0.25, 0.3) is 0 Å². The van der Waals surface area contributed by atoms with E-state index in [0.717, 1.165) is 32.4 Å². The molecule has 104 valence electrons. The first kappa shape index (κ1) is 14.0. The van der Waals surface area contributed by atoms with Crippen LogP contribution in [0.5, 0.6) is 0 Å². The lowest BCUT2D eigenvalue weighted by molar-refractivity contribution is -0.121. The molecule has 0 aliphatic carbocycles. The first-order valence-electron chi connectivity index (χ1n) is 6.98. The largest absolute Gasteiger partial charge is 0.396 e. The van der Waals surface area contributed by atoms with Gasteiger partial charge < -0.3 is 10.4 Å². The predicted molar refractivity (Wildman–Crippen MR) is 74.6 cm³/mol. The molecule has 1 aliphatic rings. The molecule has 0 radical (unpaired) electrons. The van der Waals surface area contributed by atoms with Gasteiger partial charge in [0.2, 0.25) is 5.91 Å². The van der Waals surface area contributed by atoms with Crippen molar-refractivity contribution in [3.63, 3.8) is 0 Å². The summed E-state index contributed by atoms with van der Waals surface area (Å²) in [5, 5.41) is 11.6. The molecule has 2 rings (SSSR count). The number of carbonyl (C=O) groups excluding carboxylic acids is 1. The van der Waals surface area contributed by atoms with Crippen LogP contribution < -0.4 is 5.32 Å². The number of carbonyl (C=O) groups is 1. The van der Waals surface area contributed by atoms with Gasteiger partial charge in [-0.3, -0.25) is 9.69 Å². The van der Waals surface area contributed by atoms with E-state index in [4.69, 9.17) is 5.11 Å². The number of aliphatic hydroxyl groups is 1. The second kappa shape index (κ2) is 7.26. The van der Waals surface area contributed by atoms with E-state index in [0.29, 0.717) is 6.54 Å². The summed E-state index contributed by atoms with van der Waals surface area (Å²) in [6, 6.07) is 10.3. The molecule has 2 unspecified atom stereocenters. The van der Waals surface area contributed by atoms with E-state index >= 15 is 0 Å². The van der Waals surface area contributed by atoms with Crippen molar-refractivity contribution in [3.8, 4) is 0 Å². The van der Waals surface area contributed by atoms with E-state index in [9.17, 15) is 4.79 Å². The van der Waals surface area contributed by atoms with E-state index in [-0.39, 0.29) is 18.6 Å². The van der Waals surface area contributed by atoms with Crippen molar-refractivity contribution in [3.05, 3.63) is 35.9 Å². The lowest BCUT2D eigenvalue weighted by Gasteiger charge is -2.06. The van der Waals surface area contributed by atoms with Crippen LogP contribution in [0.1, 0.15) is 24.8 Å². The fourth-order valence-corrected chi connectivity index (χ4v) is 2.16. The third-order valence-corrected chi connectivity index (χ3v) is 3.38. The highest BCUT2D eigenvalue weighted by Gasteiger charge is 2.39. The number of nitrogens with one attached hydrogen (secondary N) is 1. The molecular formula is C15H22N2O2. The molecule has 0 spiro atoms. The second-order valence-electron chi connectivity index (χ2n) is 5.01. The smallest absolute Gasteiger partial charge is 0.238 e. The molecule has 0 saturated carbocycles. The van der Waals surface area contributed by atoms with Crippen molar-refractivity contribution in [2.24, 2.45) is 0 Å². The molecule has 1 saturated heterocycles. The van der Waals surface area contributed by atoms with Crippen LogP contribution in [0.15, 0.2) is 30.3 Å². The van der Waals surface area contributed by atoms with Crippen molar-refractivity contribution in [2.45, 2.75) is 31.8 Å². The Morgan fingerprint density at radius 3 is 2.79 bits per heavy atom. The maximum absolute atomic E-state index is 11.8. The Morgan fingerprint density at radius 1 is 1.26 bits per heavy atom. The highest BCUT2D eigenvalue weighted by molar-refractivity contribution is 5.84. The maximum Gasteiger partial charge on any atom is 0.238 e. The lowest BCUT2D eigenvalue weighted by Crippen LogP contribution is -2.30. The van der Waals surface area contributed by atoms with Crippen molar-refractivity contribution >= 4 is 5.91 Å². The van der Waals surface area contributed by atoms with E-state index in [1.54, 1.807) is 0 Å². The fourth-order valence-electron chi connectivity index (χ4n) is 2.16. The summed E-state index contributed by atoms with van der Waals surface area (Å²) in [7, 11) is 0. The summed E-state index contributed by atoms with van der Waals surface area (Å²) in [4.78, 5) is 14.0. The molecule has 1 aliphatic heterocycles. The highest BCUT2D eigenvalue weighted by Crippen LogP contribution is 2.20. The standard InChI is InChI=1S/C15H22N2O2/c18-10-6-2-5-9-16-15(19)14-12-17(14)11-13-7-3-1-4-8-13/h1,3-4,7-8,14,18H,2,5-6,9-12H2,(H,16,19). The Morgan fingerprint density at radius 2 is 2.05 bits per heavy atom. The zero-order valence-corrected chi connectivity index (χ0v) is 11.2. The molecule has 1 aromatic rings. The van der Waals surface area contributed by atoms with Gasteiger partial charge in [-0.15, -0.1) is 0 Å². The van der Waals surface area contributed by atoms with Crippen LogP contribution in [0.4, 0.5) is 0 Å². The molecule has 19 heavy (non-hydrogen) atoms. The third-order valence-electron chi connectivity index (χ3n) is 3.38. The number of benzene rings is 1. The monoisotopic (exact) mass is 262 g/mol. The Balaban J connectivity index is 1.61. The first-order valence-corrected chi connectivity index (χ1v) is 6.98. The highest BCUT2D eigenvalue weighted by atomic mass is 16.2. The van der Waals surface area contributed by atoms with Gasteiger partial charge in [0.1, 0.15) is 6.04 Å². The summed E-state index contributed by atoms with van der Waals surface area (Å²) < 4.78 is 0. The number of hydrogen-bond donors (Lipinski definition) is 2. The average molecular weight is 262 g/mol. The third kappa shape index (κ3) is 4.65. The Labute approximate surface area is 114 Å². The van der Waals surface area contributed by atoms with E-state index < -0.39 is 0 Å². The Hall–Kier alpha value is -1.39. The van der Waals surface area contributed by atoms with Crippen LogP contribution in [0.2, 0.25) is 0 Å². The van der Waals surface area contributed by atoms with Gasteiger partial charge in [-0.05, 0) is 24.8 Å². The second-order valence-corrected chi connectivity index (χ2v) is 5.01. The van der Waals surface area contributed by atoms with Gasteiger partial charge in [0.15, 0.2) is 0 Å². The average Bonchev–Trinajstić information content (AvgIpc) is 3.19. The fraction of sp³-hybridized carbons (Fsp3) is 0.533. The number of amides is 1. The van der Waals surface area contributed by atoms with E-state index in [1.165, 1.54) is 5.56 Å². The Bertz CT molecular complexity index is 394. The summed E-state index contributed by atoms with van der Waals surface area (Å²) in [5.41, 5.74) is 1.25. The molecule has 0 bridgehead atoms.